The van der Waals surface area contributed by atoms with Crippen LogP contribution in [-0.4, -0.2) is 10.9 Å². The van der Waals surface area contributed by atoms with Crippen molar-refractivity contribution in [1.82, 2.24) is 4.98 Å². The Morgan fingerprint density at radius 1 is 1.25 bits per heavy atom. The van der Waals surface area contributed by atoms with Gasteiger partial charge in [-0.05, 0) is 30.9 Å². The van der Waals surface area contributed by atoms with E-state index in [4.69, 9.17) is 4.42 Å². The molecule has 0 radical (unpaired) electrons. The van der Waals surface area contributed by atoms with Gasteiger partial charge in [0, 0.05) is 11.1 Å². The van der Waals surface area contributed by atoms with Gasteiger partial charge in [-0.15, -0.1) is 0 Å². The minimum atomic E-state index is -0.166. The van der Waals surface area contributed by atoms with Gasteiger partial charge in [-0.25, -0.2) is 4.98 Å². The lowest BCUT2D eigenvalue weighted by Gasteiger charge is -2.16. The molecule has 4 heteroatoms. The highest BCUT2D eigenvalue weighted by Gasteiger charge is 2.23. The van der Waals surface area contributed by atoms with Gasteiger partial charge in [0.25, 0.3) is 0 Å². The molecule has 24 heavy (non-hydrogen) atoms. The molecule has 0 saturated heterocycles. The molecule has 1 heterocycles. The van der Waals surface area contributed by atoms with Crippen LogP contribution in [0.1, 0.15) is 69.0 Å². The zero-order valence-corrected chi connectivity index (χ0v) is 15.8. The molecule has 2 rings (SSSR count). The first-order valence-electron chi connectivity index (χ1n) is 8.45. The van der Waals surface area contributed by atoms with Gasteiger partial charge in [0.1, 0.15) is 5.76 Å². The summed E-state index contributed by atoms with van der Waals surface area (Å²) in [6.07, 6.45) is 0.195. The topological polar surface area (TPSA) is 55.1 Å². The molecule has 0 aliphatic heterocycles. The number of benzene rings is 1. The number of nitrogens with one attached hydrogen (secondary N) is 1. The van der Waals surface area contributed by atoms with Crippen molar-refractivity contribution in [2.24, 2.45) is 0 Å². The molecule has 0 saturated carbocycles. The number of amides is 1. The summed E-state index contributed by atoms with van der Waals surface area (Å²) in [6.45, 7) is 14.3. The molecular weight excluding hydrogens is 300 g/mol. The molecule has 0 aliphatic carbocycles. The first kappa shape index (κ1) is 18.2. The van der Waals surface area contributed by atoms with Crippen LogP contribution in [-0.2, 0) is 16.6 Å². The zero-order chi connectivity index (χ0) is 18.1. The molecule has 1 aromatic carbocycles. The average molecular weight is 328 g/mol. The normalized spacial score (nSPS) is 11.8. The third-order valence-electron chi connectivity index (χ3n) is 4.05. The Balaban J connectivity index is 2.20. The van der Waals surface area contributed by atoms with Gasteiger partial charge in [0.2, 0.25) is 5.91 Å². The quantitative estimate of drug-likeness (QED) is 0.869. The Hall–Kier alpha value is -2.10. The Morgan fingerprint density at radius 2 is 1.92 bits per heavy atom. The van der Waals surface area contributed by atoms with E-state index in [-0.39, 0.29) is 17.7 Å². The van der Waals surface area contributed by atoms with E-state index in [1.165, 1.54) is 0 Å². The first-order valence-corrected chi connectivity index (χ1v) is 8.45. The number of hydrogen-bond donors (Lipinski definition) is 1. The summed E-state index contributed by atoms with van der Waals surface area (Å²) in [5, 5.41) is 3.06. The lowest BCUT2D eigenvalue weighted by molar-refractivity contribution is -0.115. The summed E-state index contributed by atoms with van der Waals surface area (Å²) in [5.41, 5.74) is 3.74. The van der Waals surface area contributed by atoms with Gasteiger partial charge in [0.05, 0.1) is 12.1 Å². The standard InChI is InChI=1S/C20H28N2O2/c1-12(2)15-10-8-9-13(3)18(15)22-17(23)11-16-14(4)21-19(24-16)20(5,6)7/h8-10,12H,11H2,1-7H3,(H,22,23). The van der Waals surface area contributed by atoms with Crippen LogP contribution >= 0.6 is 0 Å². The first-order chi connectivity index (χ1) is 11.1. The monoisotopic (exact) mass is 328 g/mol. The predicted molar refractivity (Wildman–Crippen MR) is 97.5 cm³/mol. The van der Waals surface area contributed by atoms with E-state index >= 15 is 0 Å². The minimum absolute atomic E-state index is 0.0779. The van der Waals surface area contributed by atoms with Crippen LogP contribution in [0, 0.1) is 13.8 Å². The van der Waals surface area contributed by atoms with E-state index in [0.717, 1.165) is 22.5 Å². The van der Waals surface area contributed by atoms with Crippen molar-refractivity contribution in [2.75, 3.05) is 5.32 Å². The van der Waals surface area contributed by atoms with Gasteiger partial charge >= 0.3 is 0 Å². The van der Waals surface area contributed by atoms with E-state index < -0.39 is 0 Å². The fourth-order valence-electron chi connectivity index (χ4n) is 2.58. The highest BCUT2D eigenvalue weighted by Crippen LogP contribution is 2.28. The van der Waals surface area contributed by atoms with Gasteiger partial charge in [-0.3, -0.25) is 4.79 Å². The number of para-hydroxylation sites is 1. The average Bonchev–Trinajstić information content (AvgIpc) is 2.82. The van der Waals surface area contributed by atoms with Crippen molar-refractivity contribution >= 4 is 11.6 Å². The number of carbonyl (C=O) groups is 1. The van der Waals surface area contributed by atoms with Gasteiger partial charge in [-0.2, -0.15) is 0 Å². The largest absolute Gasteiger partial charge is 0.444 e. The maximum absolute atomic E-state index is 12.5. The number of rotatable bonds is 4. The highest BCUT2D eigenvalue weighted by molar-refractivity contribution is 5.93. The Labute approximate surface area is 144 Å². The molecule has 4 nitrogen and oxygen atoms in total. The summed E-state index contributed by atoms with van der Waals surface area (Å²) in [4.78, 5) is 17.0. The van der Waals surface area contributed by atoms with Crippen LogP contribution in [0.5, 0.6) is 0 Å². The van der Waals surface area contributed by atoms with Crippen molar-refractivity contribution < 1.29 is 9.21 Å². The van der Waals surface area contributed by atoms with Gasteiger partial charge in [0.15, 0.2) is 5.89 Å². The van der Waals surface area contributed by atoms with E-state index in [9.17, 15) is 4.79 Å². The molecule has 0 atom stereocenters. The number of nitrogens with zero attached hydrogens (tertiary/aromatic N) is 1. The number of hydrogen-bond acceptors (Lipinski definition) is 3. The Bertz CT molecular complexity index is 737. The fraction of sp³-hybridized carbons (Fsp3) is 0.500. The zero-order valence-electron chi connectivity index (χ0n) is 15.8. The minimum Gasteiger partial charge on any atom is -0.444 e. The summed E-state index contributed by atoms with van der Waals surface area (Å²) >= 11 is 0. The smallest absolute Gasteiger partial charge is 0.232 e. The van der Waals surface area contributed by atoms with Crippen LogP contribution in [0.25, 0.3) is 0 Å². The summed E-state index contributed by atoms with van der Waals surface area (Å²) < 4.78 is 5.82. The summed E-state index contributed by atoms with van der Waals surface area (Å²) in [7, 11) is 0. The lowest BCUT2D eigenvalue weighted by Crippen LogP contribution is -2.17. The van der Waals surface area contributed by atoms with Crippen molar-refractivity contribution in [2.45, 2.75) is 66.2 Å². The van der Waals surface area contributed by atoms with Crippen LogP contribution in [0.15, 0.2) is 22.6 Å². The summed E-state index contributed by atoms with van der Waals surface area (Å²) in [5.74, 6) is 1.57. The third kappa shape index (κ3) is 4.05. The maximum Gasteiger partial charge on any atom is 0.232 e. The summed E-state index contributed by atoms with van der Waals surface area (Å²) in [6, 6.07) is 6.10. The van der Waals surface area contributed by atoms with Crippen LogP contribution in [0.3, 0.4) is 0 Å². The SMILES string of the molecule is Cc1cccc(C(C)C)c1NC(=O)Cc1oc(C(C)(C)C)nc1C. The molecule has 0 spiro atoms. The molecule has 0 aliphatic rings. The maximum atomic E-state index is 12.5. The van der Waals surface area contributed by atoms with Crippen LogP contribution in [0.4, 0.5) is 5.69 Å². The van der Waals surface area contributed by atoms with Crippen molar-refractivity contribution in [3.63, 3.8) is 0 Å². The van der Waals surface area contributed by atoms with Crippen molar-refractivity contribution in [3.8, 4) is 0 Å². The Kier molecular flexibility index (Phi) is 5.16. The third-order valence-corrected chi connectivity index (χ3v) is 4.05. The highest BCUT2D eigenvalue weighted by atomic mass is 16.4. The Morgan fingerprint density at radius 3 is 2.46 bits per heavy atom. The van der Waals surface area contributed by atoms with Crippen molar-refractivity contribution in [1.29, 1.82) is 0 Å². The van der Waals surface area contributed by atoms with E-state index in [1.807, 2.05) is 46.8 Å². The van der Waals surface area contributed by atoms with Crippen LogP contribution in [0.2, 0.25) is 0 Å². The number of aromatic nitrogens is 1. The lowest BCUT2D eigenvalue weighted by atomic mass is 9.97. The fourth-order valence-corrected chi connectivity index (χ4v) is 2.58. The molecule has 1 N–H and O–H groups in total. The number of aryl methyl sites for hydroxylation is 2. The number of oxazole rings is 1. The number of anilines is 1. The van der Waals surface area contributed by atoms with E-state index in [2.05, 4.69) is 30.2 Å². The molecule has 1 aromatic heterocycles. The van der Waals surface area contributed by atoms with Gasteiger partial charge in [-0.1, -0.05) is 52.8 Å². The molecule has 1 amide bonds. The molecule has 0 bridgehead atoms. The number of carbonyl (C=O) groups excluding carboxylic acids is 1. The van der Waals surface area contributed by atoms with Crippen molar-refractivity contribution in [3.05, 3.63) is 46.7 Å². The molecule has 0 unspecified atom stereocenters. The molecular formula is C20H28N2O2. The van der Waals surface area contributed by atoms with Crippen LogP contribution < -0.4 is 5.32 Å². The van der Waals surface area contributed by atoms with Gasteiger partial charge < -0.3 is 9.73 Å². The molecule has 130 valence electrons. The van der Waals surface area contributed by atoms with E-state index in [1.54, 1.807) is 0 Å². The second-order valence-electron chi connectivity index (χ2n) is 7.70. The molecule has 0 fully saturated rings. The van der Waals surface area contributed by atoms with E-state index in [0.29, 0.717) is 17.6 Å². The second kappa shape index (κ2) is 6.80. The predicted octanol–water partition coefficient (Wildman–Crippen LogP) is 4.89. The second-order valence-corrected chi connectivity index (χ2v) is 7.70. The molecule has 2 aromatic rings.